The number of aryl methyl sites for hydroxylation is 1. The first-order valence-electron chi connectivity index (χ1n) is 10.2. The summed E-state index contributed by atoms with van der Waals surface area (Å²) in [7, 11) is 0. The number of carbonyl (C=O) groups excluding carboxylic acids is 1. The van der Waals surface area contributed by atoms with Gasteiger partial charge in [0.1, 0.15) is 24.0 Å². The SMILES string of the molecule is N#C/C(=C/c1ccc(OCc2ccc(I)cc2)c(I)c1)C(=O)NCCCc1ccccc1. The van der Waals surface area contributed by atoms with E-state index in [1.807, 2.05) is 66.7 Å². The largest absolute Gasteiger partial charge is 0.488 e. The first kappa shape index (κ1) is 24.3. The molecule has 0 saturated carbocycles. The van der Waals surface area contributed by atoms with Crippen molar-refractivity contribution in [2.45, 2.75) is 19.4 Å². The van der Waals surface area contributed by atoms with Crippen molar-refractivity contribution in [3.63, 3.8) is 0 Å². The fourth-order valence-corrected chi connectivity index (χ4v) is 4.07. The number of halogens is 2. The maximum atomic E-state index is 12.4. The number of benzene rings is 3. The van der Waals surface area contributed by atoms with Gasteiger partial charge in [0.2, 0.25) is 0 Å². The lowest BCUT2D eigenvalue weighted by Crippen LogP contribution is -2.25. The number of hydrogen-bond donors (Lipinski definition) is 1. The smallest absolute Gasteiger partial charge is 0.261 e. The molecule has 0 unspecified atom stereocenters. The van der Waals surface area contributed by atoms with Crippen molar-refractivity contribution in [2.24, 2.45) is 0 Å². The molecule has 0 atom stereocenters. The van der Waals surface area contributed by atoms with Crippen LogP contribution in [0, 0.1) is 18.5 Å². The molecule has 162 valence electrons. The van der Waals surface area contributed by atoms with Gasteiger partial charge in [0.25, 0.3) is 5.91 Å². The van der Waals surface area contributed by atoms with E-state index in [0.717, 1.165) is 33.3 Å². The lowest BCUT2D eigenvalue weighted by atomic mass is 10.1. The second-order valence-electron chi connectivity index (χ2n) is 7.12. The summed E-state index contributed by atoms with van der Waals surface area (Å²) in [6.45, 7) is 1.01. The van der Waals surface area contributed by atoms with Crippen molar-refractivity contribution in [1.82, 2.24) is 5.32 Å². The highest BCUT2D eigenvalue weighted by Crippen LogP contribution is 2.24. The molecule has 6 heteroatoms. The topological polar surface area (TPSA) is 62.1 Å². The Morgan fingerprint density at radius 2 is 1.75 bits per heavy atom. The Balaban J connectivity index is 1.55. The van der Waals surface area contributed by atoms with Crippen LogP contribution in [0.1, 0.15) is 23.1 Å². The van der Waals surface area contributed by atoms with Crippen LogP contribution in [0.2, 0.25) is 0 Å². The van der Waals surface area contributed by atoms with Gasteiger partial charge in [-0.15, -0.1) is 0 Å². The second-order valence-corrected chi connectivity index (χ2v) is 9.53. The van der Waals surface area contributed by atoms with E-state index in [9.17, 15) is 10.1 Å². The summed E-state index contributed by atoms with van der Waals surface area (Å²) in [5, 5.41) is 12.3. The van der Waals surface area contributed by atoms with Crippen molar-refractivity contribution < 1.29 is 9.53 Å². The summed E-state index contributed by atoms with van der Waals surface area (Å²) in [5.74, 6) is 0.416. The number of ether oxygens (including phenoxy) is 1. The van der Waals surface area contributed by atoms with E-state index in [4.69, 9.17) is 4.74 Å². The summed E-state index contributed by atoms with van der Waals surface area (Å²) < 4.78 is 8.03. The normalized spacial score (nSPS) is 11.0. The number of amides is 1. The van der Waals surface area contributed by atoms with E-state index in [1.165, 1.54) is 9.13 Å². The van der Waals surface area contributed by atoms with E-state index in [1.54, 1.807) is 6.08 Å². The quantitative estimate of drug-likeness (QED) is 0.132. The number of hydrogen-bond acceptors (Lipinski definition) is 3. The maximum Gasteiger partial charge on any atom is 0.261 e. The van der Waals surface area contributed by atoms with Crippen molar-refractivity contribution in [2.75, 3.05) is 6.54 Å². The van der Waals surface area contributed by atoms with Gasteiger partial charge in [0.15, 0.2) is 0 Å². The van der Waals surface area contributed by atoms with Gasteiger partial charge in [-0.25, -0.2) is 0 Å². The minimum absolute atomic E-state index is 0.0908. The molecule has 1 amide bonds. The molecule has 0 heterocycles. The molecule has 3 aromatic rings. The molecule has 0 spiro atoms. The molecular formula is C26H22I2N2O2. The molecule has 32 heavy (non-hydrogen) atoms. The van der Waals surface area contributed by atoms with Crippen molar-refractivity contribution in [1.29, 1.82) is 5.26 Å². The number of carbonyl (C=O) groups is 1. The monoisotopic (exact) mass is 648 g/mol. The maximum absolute atomic E-state index is 12.4. The summed E-state index contributed by atoms with van der Waals surface area (Å²) >= 11 is 4.48. The molecule has 3 rings (SSSR count). The molecule has 0 aliphatic heterocycles. The first-order chi connectivity index (χ1) is 15.5. The van der Waals surface area contributed by atoms with E-state index in [2.05, 4.69) is 62.6 Å². The van der Waals surface area contributed by atoms with Crippen LogP contribution in [0.25, 0.3) is 6.08 Å². The van der Waals surface area contributed by atoms with Crippen molar-refractivity contribution >= 4 is 57.2 Å². The van der Waals surface area contributed by atoms with Crippen LogP contribution >= 0.6 is 45.2 Å². The summed E-state index contributed by atoms with van der Waals surface area (Å²) in [6.07, 6.45) is 3.31. The first-order valence-corrected chi connectivity index (χ1v) is 12.3. The average Bonchev–Trinajstić information content (AvgIpc) is 2.81. The van der Waals surface area contributed by atoms with Crippen LogP contribution in [-0.2, 0) is 17.8 Å². The molecule has 0 radical (unpaired) electrons. The lowest BCUT2D eigenvalue weighted by Gasteiger charge is -2.09. The minimum Gasteiger partial charge on any atom is -0.488 e. The molecule has 3 aromatic carbocycles. The Morgan fingerprint density at radius 3 is 2.44 bits per heavy atom. The molecule has 0 aliphatic carbocycles. The second kappa shape index (κ2) is 12.6. The minimum atomic E-state index is -0.352. The van der Waals surface area contributed by atoms with Gasteiger partial charge in [-0.3, -0.25) is 4.79 Å². The third-order valence-electron chi connectivity index (χ3n) is 4.71. The highest BCUT2D eigenvalue weighted by atomic mass is 127. The van der Waals surface area contributed by atoms with Crippen LogP contribution in [0.4, 0.5) is 0 Å². The van der Waals surface area contributed by atoms with Gasteiger partial charge in [-0.2, -0.15) is 5.26 Å². The fourth-order valence-electron chi connectivity index (χ4n) is 3.02. The van der Waals surface area contributed by atoms with Crippen molar-refractivity contribution in [3.8, 4) is 11.8 Å². The molecule has 0 aromatic heterocycles. The highest BCUT2D eigenvalue weighted by molar-refractivity contribution is 14.1. The van der Waals surface area contributed by atoms with Crippen LogP contribution in [0.5, 0.6) is 5.75 Å². The van der Waals surface area contributed by atoms with Gasteiger partial charge < -0.3 is 10.1 Å². The molecular weight excluding hydrogens is 626 g/mol. The van der Waals surface area contributed by atoms with Gasteiger partial charge in [-0.1, -0.05) is 48.5 Å². The summed E-state index contributed by atoms with van der Waals surface area (Å²) in [6, 6.07) is 26.0. The van der Waals surface area contributed by atoms with Crippen molar-refractivity contribution in [3.05, 3.63) is 102 Å². The predicted octanol–water partition coefficient (Wildman–Crippen LogP) is 6.13. The fraction of sp³-hybridized carbons (Fsp3) is 0.154. The Bertz CT molecular complexity index is 1120. The molecule has 0 fully saturated rings. The van der Waals surface area contributed by atoms with Gasteiger partial charge in [-0.05, 0) is 105 Å². The molecule has 4 nitrogen and oxygen atoms in total. The highest BCUT2D eigenvalue weighted by Gasteiger charge is 2.10. The third kappa shape index (κ3) is 7.64. The zero-order chi connectivity index (χ0) is 22.8. The molecule has 1 N–H and O–H groups in total. The number of nitrogens with zero attached hydrogens (tertiary/aromatic N) is 1. The summed E-state index contributed by atoms with van der Waals surface area (Å²) in [4.78, 5) is 12.4. The van der Waals surface area contributed by atoms with Crippen LogP contribution in [0.15, 0.2) is 78.4 Å². The van der Waals surface area contributed by atoms with Crippen LogP contribution in [-0.4, -0.2) is 12.5 Å². The van der Waals surface area contributed by atoms with E-state index >= 15 is 0 Å². The molecule has 0 saturated heterocycles. The Labute approximate surface area is 216 Å². The Kier molecular flexibility index (Phi) is 9.56. The average molecular weight is 648 g/mol. The standard InChI is InChI=1S/C26H22I2N2O2/c27-23-11-8-20(9-12-23)18-32-25-13-10-21(16-24(25)28)15-22(17-29)26(31)30-14-4-7-19-5-2-1-3-6-19/h1-3,5-6,8-13,15-16H,4,7,14,18H2,(H,30,31)/b22-15-. The lowest BCUT2D eigenvalue weighted by molar-refractivity contribution is -0.117. The predicted molar refractivity (Wildman–Crippen MR) is 144 cm³/mol. The van der Waals surface area contributed by atoms with E-state index in [0.29, 0.717) is 13.2 Å². The summed E-state index contributed by atoms with van der Waals surface area (Å²) in [5.41, 5.74) is 3.21. The Hall–Kier alpha value is -2.38. The van der Waals surface area contributed by atoms with Gasteiger partial charge >= 0.3 is 0 Å². The van der Waals surface area contributed by atoms with Gasteiger partial charge in [0.05, 0.1) is 3.57 Å². The van der Waals surface area contributed by atoms with Crippen LogP contribution in [0.3, 0.4) is 0 Å². The zero-order valence-corrected chi connectivity index (χ0v) is 21.7. The molecule has 0 bridgehead atoms. The van der Waals surface area contributed by atoms with E-state index < -0.39 is 0 Å². The zero-order valence-electron chi connectivity index (χ0n) is 17.4. The van der Waals surface area contributed by atoms with Gasteiger partial charge in [0, 0.05) is 10.1 Å². The third-order valence-corrected chi connectivity index (χ3v) is 6.27. The van der Waals surface area contributed by atoms with Crippen LogP contribution < -0.4 is 10.1 Å². The van der Waals surface area contributed by atoms with E-state index in [-0.39, 0.29) is 11.5 Å². The number of rotatable bonds is 9. The number of nitrogens with one attached hydrogen (secondary N) is 1. The Morgan fingerprint density at radius 1 is 1.00 bits per heavy atom. The number of nitriles is 1. The molecule has 0 aliphatic rings.